The number of halogens is 1. The van der Waals surface area contributed by atoms with Crippen molar-refractivity contribution >= 4 is 29.1 Å². The molecule has 2 aromatic carbocycles. The number of carbonyl (C=O) groups is 2. The normalized spacial score (nSPS) is 21.8. The van der Waals surface area contributed by atoms with Gasteiger partial charge < -0.3 is 9.47 Å². The summed E-state index contributed by atoms with van der Waals surface area (Å²) in [4.78, 5) is 31.3. The van der Waals surface area contributed by atoms with Crippen molar-refractivity contribution in [2.45, 2.75) is 39.5 Å². The van der Waals surface area contributed by atoms with Crippen molar-refractivity contribution in [1.82, 2.24) is 0 Å². The van der Waals surface area contributed by atoms with Crippen LogP contribution >= 0.6 is 11.6 Å². The maximum absolute atomic E-state index is 13.3. The Morgan fingerprint density at radius 3 is 2.58 bits per heavy atom. The van der Waals surface area contributed by atoms with E-state index < -0.39 is 17.8 Å². The number of aliphatic imine (C=N–C) groups is 1. The molecule has 6 heteroatoms. The molecular formula is C27H28ClNO4. The molecular weight excluding hydrogens is 438 g/mol. The first-order valence-corrected chi connectivity index (χ1v) is 11.5. The first-order valence-electron chi connectivity index (χ1n) is 11.2. The largest absolute Gasteiger partial charge is 0.490 e. The lowest BCUT2D eigenvalue weighted by Gasteiger charge is -2.39. The lowest BCUT2D eigenvalue weighted by molar-refractivity contribution is -0.147. The molecule has 1 unspecified atom stereocenters. The highest BCUT2D eigenvalue weighted by Crippen LogP contribution is 2.48. The maximum Gasteiger partial charge on any atom is 0.315 e. The van der Waals surface area contributed by atoms with Gasteiger partial charge in [-0.25, -0.2) is 0 Å². The molecule has 0 spiro atoms. The van der Waals surface area contributed by atoms with Crippen LogP contribution in [0.1, 0.15) is 45.1 Å². The summed E-state index contributed by atoms with van der Waals surface area (Å²) in [6.45, 7) is 6.32. The summed E-state index contributed by atoms with van der Waals surface area (Å²) in [7, 11) is 0. The van der Waals surface area contributed by atoms with Crippen LogP contribution in [0.3, 0.4) is 0 Å². The first kappa shape index (κ1) is 23.2. The van der Waals surface area contributed by atoms with Crippen molar-refractivity contribution in [3.63, 3.8) is 0 Å². The zero-order chi connectivity index (χ0) is 23.6. The van der Waals surface area contributed by atoms with E-state index in [-0.39, 0.29) is 24.4 Å². The lowest BCUT2D eigenvalue weighted by Crippen LogP contribution is -2.39. The van der Waals surface area contributed by atoms with Crippen LogP contribution < -0.4 is 4.74 Å². The smallest absolute Gasteiger partial charge is 0.315 e. The molecule has 33 heavy (non-hydrogen) atoms. The molecule has 0 aromatic heterocycles. The highest BCUT2D eigenvalue weighted by Gasteiger charge is 2.46. The molecule has 0 amide bonds. The van der Waals surface area contributed by atoms with Gasteiger partial charge in [0.1, 0.15) is 24.9 Å². The number of rotatable bonds is 6. The summed E-state index contributed by atoms with van der Waals surface area (Å²) >= 11 is 6.28. The van der Waals surface area contributed by atoms with Crippen molar-refractivity contribution in [3.8, 4) is 5.75 Å². The number of hydrogen-bond donors (Lipinski definition) is 0. The Bertz CT molecular complexity index is 1120. The Labute approximate surface area is 199 Å². The Balaban J connectivity index is 1.59. The van der Waals surface area contributed by atoms with Crippen LogP contribution in [0.2, 0.25) is 5.02 Å². The van der Waals surface area contributed by atoms with Crippen LogP contribution in [0.5, 0.6) is 5.75 Å². The van der Waals surface area contributed by atoms with E-state index in [9.17, 15) is 9.59 Å². The number of benzene rings is 2. The Morgan fingerprint density at radius 2 is 1.85 bits per heavy atom. The predicted molar refractivity (Wildman–Crippen MR) is 129 cm³/mol. The Kier molecular flexibility index (Phi) is 6.71. The molecule has 172 valence electrons. The van der Waals surface area contributed by atoms with E-state index in [0.29, 0.717) is 34.9 Å². The summed E-state index contributed by atoms with van der Waals surface area (Å²) in [5.41, 5.74) is 2.69. The zero-order valence-corrected chi connectivity index (χ0v) is 19.9. The molecule has 0 saturated carbocycles. The summed E-state index contributed by atoms with van der Waals surface area (Å²) in [5.74, 6) is -0.827. The van der Waals surface area contributed by atoms with E-state index in [1.165, 1.54) is 0 Å². The second-order valence-electron chi connectivity index (χ2n) is 9.39. The second kappa shape index (κ2) is 9.52. The number of hydrogen-bond acceptors (Lipinski definition) is 5. The summed E-state index contributed by atoms with van der Waals surface area (Å²) in [6, 6.07) is 16.7. The number of allylic oxidation sites excluding steroid dienone is 2. The molecule has 2 aromatic rings. The van der Waals surface area contributed by atoms with Crippen molar-refractivity contribution < 1.29 is 19.1 Å². The van der Waals surface area contributed by atoms with Crippen molar-refractivity contribution in [1.29, 1.82) is 0 Å². The maximum atomic E-state index is 13.3. The number of carbonyl (C=O) groups excluding carboxylic acids is 2. The SMILES string of the molecule is CC1=NC2=C(C(=O)CC(C)(C)C2)[C@@H](c2cccc(Cl)c2)C1C(=O)OCCOc1ccccc1. The van der Waals surface area contributed by atoms with Crippen molar-refractivity contribution in [2.24, 2.45) is 16.3 Å². The number of nitrogens with zero attached hydrogens (tertiary/aromatic N) is 1. The van der Waals surface area contributed by atoms with E-state index in [4.69, 9.17) is 26.1 Å². The van der Waals surface area contributed by atoms with Gasteiger partial charge in [-0.15, -0.1) is 0 Å². The summed E-state index contributed by atoms with van der Waals surface area (Å²) in [5, 5.41) is 0.557. The number of para-hydroxylation sites is 1. The predicted octanol–water partition coefficient (Wildman–Crippen LogP) is 5.78. The third kappa shape index (κ3) is 5.19. The van der Waals surface area contributed by atoms with Gasteiger partial charge in [-0.2, -0.15) is 0 Å². The summed E-state index contributed by atoms with van der Waals surface area (Å²) in [6.07, 6.45) is 1.11. The molecule has 1 aliphatic heterocycles. The Hall–Kier alpha value is -2.92. The van der Waals surface area contributed by atoms with Gasteiger partial charge in [0.05, 0.1) is 0 Å². The van der Waals surface area contributed by atoms with Gasteiger partial charge in [0, 0.05) is 34.3 Å². The standard InChI is InChI=1S/C27H28ClNO4/c1-17-23(26(31)33-13-12-32-20-10-5-4-6-11-20)24(18-8-7-9-19(28)14-18)25-21(29-17)15-27(2,3)16-22(25)30/h4-11,14,23-24H,12-13,15-16H2,1-3H3/t23?,24-/m0/s1. The lowest BCUT2D eigenvalue weighted by atomic mass is 9.67. The van der Waals surface area contributed by atoms with E-state index in [1.807, 2.05) is 55.5 Å². The van der Waals surface area contributed by atoms with Gasteiger partial charge in [-0.3, -0.25) is 14.6 Å². The van der Waals surface area contributed by atoms with Gasteiger partial charge in [0.25, 0.3) is 0 Å². The van der Waals surface area contributed by atoms with Crippen LogP contribution in [0, 0.1) is 11.3 Å². The molecule has 0 saturated heterocycles. The van der Waals surface area contributed by atoms with E-state index >= 15 is 0 Å². The molecule has 1 heterocycles. The quantitative estimate of drug-likeness (QED) is 0.400. The molecule has 0 N–H and O–H groups in total. The monoisotopic (exact) mass is 465 g/mol. The van der Waals surface area contributed by atoms with Crippen molar-refractivity contribution in [3.05, 3.63) is 76.5 Å². The highest BCUT2D eigenvalue weighted by molar-refractivity contribution is 6.30. The minimum atomic E-state index is -0.691. The van der Waals surface area contributed by atoms with E-state index in [2.05, 4.69) is 13.8 Å². The minimum absolute atomic E-state index is 0.0349. The third-order valence-corrected chi connectivity index (χ3v) is 6.34. The van der Waals surface area contributed by atoms with E-state index in [1.54, 1.807) is 6.07 Å². The fraction of sp³-hybridized carbons (Fsp3) is 0.370. The molecule has 0 fully saturated rings. The average Bonchev–Trinajstić information content (AvgIpc) is 2.75. The van der Waals surface area contributed by atoms with Gasteiger partial charge in [-0.1, -0.05) is 55.8 Å². The van der Waals surface area contributed by atoms with Gasteiger partial charge in [0.15, 0.2) is 5.78 Å². The third-order valence-electron chi connectivity index (χ3n) is 6.10. The molecule has 2 aliphatic rings. The van der Waals surface area contributed by atoms with E-state index in [0.717, 1.165) is 11.3 Å². The molecule has 0 radical (unpaired) electrons. The zero-order valence-electron chi connectivity index (χ0n) is 19.1. The number of ketones is 1. The molecule has 2 atom stereocenters. The second-order valence-corrected chi connectivity index (χ2v) is 9.83. The van der Waals surface area contributed by atoms with Crippen LogP contribution in [-0.2, 0) is 14.3 Å². The molecule has 5 nitrogen and oxygen atoms in total. The van der Waals surface area contributed by atoms with Gasteiger partial charge in [-0.05, 0) is 48.6 Å². The molecule has 4 rings (SSSR count). The van der Waals surface area contributed by atoms with Crippen molar-refractivity contribution in [2.75, 3.05) is 13.2 Å². The minimum Gasteiger partial charge on any atom is -0.490 e. The number of esters is 1. The van der Waals surface area contributed by atoms with Crippen LogP contribution in [0.4, 0.5) is 0 Å². The molecule has 1 aliphatic carbocycles. The number of ether oxygens (including phenoxy) is 2. The van der Waals surface area contributed by atoms with Gasteiger partial charge in [0.2, 0.25) is 0 Å². The Morgan fingerprint density at radius 1 is 1.09 bits per heavy atom. The van der Waals surface area contributed by atoms with Crippen LogP contribution in [0.15, 0.2) is 70.9 Å². The topological polar surface area (TPSA) is 65.0 Å². The van der Waals surface area contributed by atoms with Crippen LogP contribution in [0.25, 0.3) is 0 Å². The number of Topliss-reactive ketones (excluding diaryl/α,β-unsaturated/α-hetero) is 1. The highest BCUT2D eigenvalue weighted by atomic mass is 35.5. The summed E-state index contributed by atoms with van der Waals surface area (Å²) < 4.78 is 11.2. The molecule has 0 bridgehead atoms. The fourth-order valence-electron chi connectivity index (χ4n) is 4.72. The van der Waals surface area contributed by atoms with Crippen LogP contribution in [-0.4, -0.2) is 30.7 Å². The average molecular weight is 466 g/mol. The van der Waals surface area contributed by atoms with Gasteiger partial charge >= 0.3 is 5.97 Å². The fourth-order valence-corrected chi connectivity index (χ4v) is 4.92. The first-order chi connectivity index (χ1) is 15.7.